The first-order valence-corrected chi connectivity index (χ1v) is 9.58. The largest absolute Gasteiger partial charge is 0.493 e. The van der Waals surface area contributed by atoms with Crippen molar-refractivity contribution in [3.8, 4) is 11.5 Å². The fraction of sp³-hybridized carbons (Fsp3) is 0.364. The number of hydrogen-bond acceptors (Lipinski definition) is 4. The number of amides is 2. The summed E-state index contributed by atoms with van der Waals surface area (Å²) in [5, 5.41) is 2.98. The Morgan fingerprint density at radius 1 is 1.21 bits per heavy atom. The number of ether oxygens (including phenoxy) is 2. The van der Waals surface area contributed by atoms with Gasteiger partial charge in [-0.15, -0.1) is 0 Å². The minimum absolute atomic E-state index is 0.00892. The highest BCUT2D eigenvalue weighted by Crippen LogP contribution is 2.35. The second kappa shape index (κ2) is 7.92. The minimum Gasteiger partial charge on any atom is -0.493 e. The van der Waals surface area contributed by atoms with E-state index in [4.69, 9.17) is 9.47 Å². The molecule has 0 bridgehead atoms. The molecule has 146 valence electrons. The van der Waals surface area contributed by atoms with Crippen LogP contribution in [-0.2, 0) is 17.8 Å². The van der Waals surface area contributed by atoms with Crippen molar-refractivity contribution in [2.24, 2.45) is 5.92 Å². The summed E-state index contributed by atoms with van der Waals surface area (Å²) in [6.45, 7) is 2.12. The van der Waals surface area contributed by atoms with E-state index in [1.165, 1.54) is 0 Å². The van der Waals surface area contributed by atoms with Gasteiger partial charge in [0.15, 0.2) is 11.5 Å². The molecular formula is C22H24N2O4. The van der Waals surface area contributed by atoms with Gasteiger partial charge in [0.2, 0.25) is 5.91 Å². The molecule has 2 aliphatic heterocycles. The quantitative estimate of drug-likeness (QED) is 0.836. The van der Waals surface area contributed by atoms with Gasteiger partial charge in [0.25, 0.3) is 5.91 Å². The van der Waals surface area contributed by atoms with E-state index >= 15 is 0 Å². The van der Waals surface area contributed by atoms with Crippen LogP contribution in [0.25, 0.3) is 0 Å². The number of nitrogens with zero attached hydrogens (tertiary/aromatic N) is 1. The van der Waals surface area contributed by atoms with Gasteiger partial charge in [-0.25, -0.2) is 0 Å². The molecule has 0 aromatic heterocycles. The average Bonchev–Trinajstić information content (AvgIpc) is 3.06. The van der Waals surface area contributed by atoms with Crippen LogP contribution in [-0.4, -0.2) is 43.5 Å². The number of methoxy groups -OCH3 is 1. The van der Waals surface area contributed by atoms with E-state index in [0.29, 0.717) is 32.7 Å². The third kappa shape index (κ3) is 3.67. The molecule has 1 atom stereocenters. The lowest BCUT2D eigenvalue weighted by Gasteiger charge is -2.26. The number of carbonyl (C=O) groups is 2. The summed E-state index contributed by atoms with van der Waals surface area (Å²) >= 11 is 0. The van der Waals surface area contributed by atoms with E-state index in [-0.39, 0.29) is 17.7 Å². The van der Waals surface area contributed by atoms with Crippen LogP contribution >= 0.6 is 0 Å². The Labute approximate surface area is 164 Å². The average molecular weight is 380 g/mol. The van der Waals surface area contributed by atoms with E-state index < -0.39 is 0 Å². The Bertz CT molecular complexity index is 896. The number of benzene rings is 2. The summed E-state index contributed by atoms with van der Waals surface area (Å²) < 4.78 is 11.2. The summed E-state index contributed by atoms with van der Waals surface area (Å²) in [7, 11) is 1.63. The van der Waals surface area contributed by atoms with Crippen molar-refractivity contribution in [1.82, 2.24) is 10.2 Å². The van der Waals surface area contributed by atoms with Gasteiger partial charge in [-0.3, -0.25) is 9.59 Å². The highest BCUT2D eigenvalue weighted by Gasteiger charge is 2.27. The maximum absolute atomic E-state index is 12.4. The number of nitrogens with one attached hydrogen (secondary N) is 1. The smallest absolute Gasteiger partial charge is 0.254 e. The summed E-state index contributed by atoms with van der Waals surface area (Å²) in [5.74, 6) is 1.74. The first kappa shape index (κ1) is 18.3. The van der Waals surface area contributed by atoms with Crippen molar-refractivity contribution < 1.29 is 19.1 Å². The van der Waals surface area contributed by atoms with E-state index in [1.807, 2.05) is 42.5 Å². The molecule has 2 aliphatic rings. The molecule has 2 heterocycles. The number of carbonyl (C=O) groups excluding carboxylic acids is 2. The second-order valence-electron chi connectivity index (χ2n) is 7.27. The summed E-state index contributed by atoms with van der Waals surface area (Å²) in [6, 6.07) is 13.5. The number of hydrogen-bond donors (Lipinski definition) is 1. The van der Waals surface area contributed by atoms with Gasteiger partial charge >= 0.3 is 0 Å². The zero-order valence-electron chi connectivity index (χ0n) is 15.9. The molecule has 2 aromatic rings. The third-order valence-corrected chi connectivity index (χ3v) is 5.35. The predicted molar refractivity (Wildman–Crippen MR) is 104 cm³/mol. The Hall–Kier alpha value is -3.02. The minimum atomic E-state index is -0.0415. The van der Waals surface area contributed by atoms with Gasteiger partial charge in [0.05, 0.1) is 13.7 Å². The van der Waals surface area contributed by atoms with Crippen molar-refractivity contribution in [1.29, 1.82) is 0 Å². The topological polar surface area (TPSA) is 67.9 Å². The van der Waals surface area contributed by atoms with Gasteiger partial charge in [0.1, 0.15) is 0 Å². The van der Waals surface area contributed by atoms with E-state index in [2.05, 4.69) is 5.32 Å². The van der Waals surface area contributed by atoms with Gasteiger partial charge in [-0.05, 0) is 29.7 Å². The first-order chi connectivity index (χ1) is 13.7. The molecule has 0 fully saturated rings. The fourth-order valence-corrected chi connectivity index (χ4v) is 3.83. The third-order valence-electron chi connectivity index (χ3n) is 5.35. The first-order valence-electron chi connectivity index (χ1n) is 9.58. The van der Waals surface area contributed by atoms with Crippen LogP contribution in [0.4, 0.5) is 0 Å². The van der Waals surface area contributed by atoms with E-state index in [9.17, 15) is 9.59 Å². The lowest BCUT2D eigenvalue weighted by molar-refractivity contribution is -0.121. The second-order valence-corrected chi connectivity index (χ2v) is 7.27. The van der Waals surface area contributed by atoms with Crippen LogP contribution in [0.2, 0.25) is 0 Å². The predicted octanol–water partition coefficient (Wildman–Crippen LogP) is 2.41. The van der Waals surface area contributed by atoms with Crippen molar-refractivity contribution in [3.05, 3.63) is 59.2 Å². The number of para-hydroxylation sites is 1. The van der Waals surface area contributed by atoms with Crippen LogP contribution in [0, 0.1) is 5.92 Å². The van der Waals surface area contributed by atoms with Crippen molar-refractivity contribution in [2.45, 2.75) is 19.4 Å². The molecule has 0 spiro atoms. The van der Waals surface area contributed by atoms with Crippen LogP contribution in [0.15, 0.2) is 42.5 Å². The molecule has 0 saturated heterocycles. The summed E-state index contributed by atoms with van der Waals surface area (Å²) in [5.41, 5.74) is 2.88. The molecule has 1 N–H and O–H groups in total. The standard InChI is InChI=1S/C22H24N2O4/c1-27-19-8-4-6-16-11-15(14-28-21(16)19)12-23-20(25)9-10-24-13-17-5-2-3-7-18(17)22(24)26/h2-8,15H,9-14H2,1H3,(H,23,25). The highest BCUT2D eigenvalue weighted by atomic mass is 16.5. The molecule has 4 rings (SSSR count). The van der Waals surface area contributed by atoms with Crippen LogP contribution in [0.1, 0.15) is 27.9 Å². The highest BCUT2D eigenvalue weighted by molar-refractivity contribution is 5.98. The van der Waals surface area contributed by atoms with Crippen LogP contribution < -0.4 is 14.8 Å². The maximum atomic E-state index is 12.4. The summed E-state index contributed by atoms with van der Waals surface area (Å²) in [6.07, 6.45) is 1.14. The monoisotopic (exact) mass is 380 g/mol. The molecule has 0 saturated carbocycles. The van der Waals surface area contributed by atoms with Gasteiger partial charge in [-0.2, -0.15) is 0 Å². The molecule has 2 amide bonds. The Balaban J connectivity index is 1.24. The lowest BCUT2D eigenvalue weighted by atomic mass is 9.96. The Morgan fingerprint density at radius 3 is 2.86 bits per heavy atom. The van der Waals surface area contributed by atoms with E-state index in [1.54, 1.807) is 12.0 Å². The number of fused-ring (bicyclic) bond motifs is 2. The van der Waals surface area contributed by atoms with Gasteiger partial charge in [-0.1, -0.05) is 30.3 Å². The Kier molecular flexibility index (Phi) is 5.19. The number of rotatable bonds is 6. The Morgan fingerprint density at radius 2 is 2.04 bits per heavy atom. The molecule has 6 heteroatoms. The fourth-order valence-electron chi connectivity index (χ4n) is 3.83. The van der Waals surface area contributed by atoms with Gasteiger partial charge in [0, 0.05) is 37.5 Å². The molecule has 28 heavy (non-hydrogen) atoms. The maximum Gasteiger partial charge on any atom is 0.254 e. The molecule has 1 unspecified atom stereocenters. The molecule has 0 radical (unpaired) electrons. The molecular weight excluding hydrogens is 356 g/mol. The molecule has 2 aromatic carbocycles. The van der Waals surface area contributed by atoms with Crippen LogP contribution in [0.3, 0.4) is 0 Å². The normalized spacial score (nSPS) is 17.5. The van der Waals surface area contributed by atoms with Crippen molar-refractivity contribution >= 4 is 11.8 Å². The van der Waals surface area contributed by atoms with Crippen molar-refractivity contribution in [3.63, 3.8) is 0 Å². The SMILES string of the molecule is COc1cccc2c1OCC(CNC(=O)CCN1Cc3ccccc3C1=O)C2. The molecule has 6 nitrogen and oxygen atoms in total. The van der Waals surface area contributed by atoms with Crippen molar-refractivity contribution in [2.75, 3.05) is 26.8 Å². The van der Waals surface area contributed by atoms with Gasteiger partial charge < -0.3 is 19.7 Å². The van der Waals surface area contributed by atoms with E-state index in [0.717, 1.165) is 34.6 Å². The zero-order valence-corrected chi connectivity index (χ0v) is 15.9. The van der Waals surface area contributed by atoms with Crippen LogP contribution in [0.5, 0.6) is 11.5 Å². The summed E-state index contributed by atoms with van der Waals surface area (Å²) in [4.78, 5) is 26.3. The zero-order chi connectivity index (χ0) is 19.5. The lowest BCUT2D eigenvalue weighted by Crippen LogP contribution is -2.36. The molecule has 0 aliphatic carbocycles.